The van der Waals surface area contributed by atoms with Gasteiger partial charge in [-0.1, -0.05) is 56.5 Å². The van der Waals surface area contributed by atoms with Gasteiger partial charge in [-0.3, -0.25) is 4.79 Å². The minimum atomic E-state index is -0.0907. The van der Waals surface area contributed by atoms with Crippen LogP contribution in [-0.2, 0) is 4.79 Å². The molecule has 0 saturated heterocycles. The maximum absolute atomic E-state index is 11.7. The van der Waals surface area contributed by atoms with Gasteiger partial charge in [0.05, 0.1) is 6.21 Å². The molecule has 0 saturated carbocycles. The maximum Gasteiger partial charge on any atom is 0.240 e. The van der Waals surface area contributed by atoms with Crippen molar-refractivity contribution >= 4 is 22.9 Å². The molecule has 0 aromatic heterocycles. The standard InChI is InChI=1S/C18H22N2O2/c1-2-3-4-5-10-18(22)20-19-13-16-15-9-7-6-8-14(15)11-12-17(16)21/h6-9,11-13,21H,2-5,10H2,1H3,(H,20,22)/b19-13-. The van der Waals surface area contributed by atoms with Crippen molar-refractivity contribution in [2.24, 2.45) is 5.10 Å². The molecule has 2 N–H and O–H groups in total. The lowest BCUT2D eigenvalue weighted by molar-refractivity contribution is -0.121. The summed E-state index contributed by atoms with van der Waals surface area (Å²) in [5.41, 5.74) is 3.13. The van der Waals surface area contributed by atoms with E-state index in [-0.39, 0.29) is 11.7 Å². The number of amides is 1. The molecule has 4 nitrogen and oxygen atoms in total. The van der Waals surface area contributed by atoms with Crippen LogP contribution in [0.2, 0.25) is 0 Å². The molecule has 0 aliphatic heterocycles. The van der Waals surface area contributed by atoms with Crippen molar-refractivity contribution in [3.8, 4) is 5.75 Å². The van der Waals surface area contributed by atoms with Crippen LogP contribution < -0.4 is 5.43 Å². The number of nitrogens with zero attached hydrogens (tertiary/aromatic N) is 1. The zero-order valence-electron chi connectivity index (χ0n) is 12.9. The van der Waals surface area contributed by atoms with Crippen LogP contribution in [0.25, 0.3) is 10.8 Å². The molecule has 2 aromatic rings. The molecule has 0 aliphatic carbocycles. The van der Waals surface area contributed by atoms with Crippen LogP contribution in [0.1, 0.15) is 44.6 Å². The molecule has 0 unspecified atom stereocenters. The number of nitrogens with one attached hydrogen (secondary N) is 1. The third-order valence-corrected chi connectivity index (χ3v) is 3.59. The first-order chi connectivity index (χ1) is 10.7. The quantitative estimate of drug-likeness (QED) is 0.461. The molecule has 0 bridgehead atoms. The fourth-order valence-electron chi connectivity index (χ4n) is 2.36. The van der Waals surface area contributed by atoms with Crippen molar-refractivity contribution in [1.82, 2.24) is 5.43 Å². The summed E-state index contributed by atoms with van der Waals surface area (Å²) < 4.78 is 0. The van der Waals surface area contributed by atoms with E-state index in [1.54, 1.807) is 6.07 Å². The topological polar surface area (TPSA) is 61.7 Å². The lowest BCUT2D eigenvalue weighted by atomic mass is 10.0. The van der Waals surface area contributed by atoms with Crippen LogP contribution in [-0.4, -0.2) is 17.2 Å². The fraction of sp³-hybridized carbons (Fsp3) is 0.333. The maximum atomic E-state index is 11.7. The van der Waals surface area contributed by atoms with E-state index in [2.05, 4.69) is 17.5 Å². The van der Waals surface area contributed by atoms with Gasteiger partial charge in [-0.05, 0) is 23.3 Å². The van der Waals surface area contributed by atoms with E-state index < -0.39 is 0 Å². The van der Waals surface area contributed by atoms with Crippen LogP contribution in [0.3, 0.4) is 0 Å². The Morgan fingerprint density at radius 2 is 2.00 bits per heavy atom. The SMILES string of the molecule is CCCCCCC(=O)N/N=C\c1c(O)ccc2ccccc12. The van der Waals surface area contributed by atoms with E-state index in [9.17, 15) is 9.90 Å². The first-order valence-electron chi connectivity index (χ1n) is 7.75. The van der Waals surface area contributed by atoms with Crippen LogP contribution in [0.15, 0.2) is 41.5 Å². The van der Waals surface area contributed by atoms with Crippen molar-refractivity contribution in [2.75, 3.05) is 0 Å². The Balaban J connectivity index is 1.98. The summed E-state index contributed by atoms with van der Waals surface area (Å²) in [6, 6.07) is 11.2. The minimum absolute atomic E-state index is 0.0907. The molecular formula is C18H22N2O2. The molecule has 1 amide bonds. The number of hydrogen-bond acceptors (Lipinski definition) is 3. The average Bonchev–Trinajstić information content (AvgIpc) is 2.54. The Morgan fingerprint density at radius 3 is 2.82 bits per heavy atom. The number of hydrogen-bond donors (Lipinski definition) is 2. The third kappa shape index (κ3) is 4.32. The van der Waals surface area contributed by atoms with E-state index >= 15 is 0 Å². The molecule has 2 rings (SSSR count). The summed E-state index contributed by atoms with van der Waals surface area (Å²) in [7, 11) is 0. The second-order valence-corrected chi connectivity index (χ2v) is 5.32. The number of unbranched alkanes of at least 4 members (excludes halogenated alkanes) is 3. The molecule has 0 fully saturated rings. The molecule has 0 radical (unpaired) electrons. The molecule has 4 heteroatoms. The molecule has 116 valence electrons. The van der Waals surface area contributed by atoms with Crippen molar-refractivity contribution < 1.29 is 9.90 Å². The van der Waals surface area contributed by atoms with Crippen LogP contribution in [0, 0.1) is 0 Å². The van der Waals surface area contributed by atoms with Gasteiger partial charge in [-0.25, -0.2) is 5.43 Å². The number of rotatable bonds is 7. The predicted octanol–water partition coefficient (Wildman–Crippen LogP) is 3.97. The Bertz CT molecular complexity index is 665. The lowest BCUT2D eigenvalue weighted by Crippen LogP contribution is -2.16. The number of hydrazone groups is 1. The van der Waals surface area contributed by atoms with Gasteiger partial charge >= 0.3 is 0 Å². The first kappa shape index (κ1) is 16.0. The van der Waals surface area contributed by atoms with Crippen molar-refractivity contribution in [1.29, 1.82) is 0 Å². The van der Waals surface area contributed by atoms with Gasteiger partial charge in [0.25, 0.3) is 0 Å². The fourth-order valence-corrected chi connectivity index (χ4v) is 2.36. The monoisotopic (exact) mass is 298 g/mol. The number of benzene rings is 2. The molecular weight excluding hydrogens is 276 g/mol. The summed E-state index contributed by atoms with van der Waals surface area (Å²) in [4.78, 5) is 11.7. The summed E-state index contributed by atoms with van der Waals surface area (Å²) in [5.74, 6) is 0.0618. The molecule has 0 atom stereocenters. The average molecular weight is 298 g/mol. The lowest BCUT2D eigenvalue weighted by Gasteiger charge is -2.05. The Kier molecular flexibility index (Phi) is 5.95. The highest BCUT2D eigenvalue weighted by molar-refractivity contribution is 6.02. The number of phenolic OH excluding ortho intramolecular Hbond substituents is 1. The number of fused-ring (bicyclic) bond motifs is 1. The number of aromatic hydroxyl groups is 1. The third-order valence-electron chi connectivity index (χ3n) is 3.59. The largest absolute Gasteiger partial charge is 0.507 e. The zero-order valence-corrected chi connectivity index (χ0v) is 12.9. The van der Waals surface area contributed by atoms with Gasteiger partial charge in [0.1, 0.15) is 5.75 Å². The second-order valence-electron chi connectivity index (χ2n) is 5.32. The van der Waals surface area contributed by atoms with Gasteiger partial charge in [-0.2, -0.15) is 5.10 Å². The highest BCUT2D eigenvalue weighted by atomic mass is 16.3. The van der Waals surface area contributed by atoms with E-state index in [0.717, 1.165) is 36.5 Å². The van der Waals surface area contributed by atoms with Crippen molar-refractivity contribution in [2.45, 2.75) is 39.0 Å². The molecule has 2 aromatic carbocycles. The molecule has 0 heterocycles. The number of carbonyl (C=O) groups excluding carboxylic acids is 1. The molecule has 0 spiro atoms. The smallest absolute Gasteiger partial charge is 0.240 e. The van der Waals surface area contributed by atoms with Crippen molar-refractivity contribution in [3.63, 3.8) is 0 Å². The number of phenols is 1. The summed E-state index contributed by atoms with van der Waals surface area (Å²) in [5, 5.41) is 15.9. The second kappa shape index (κ2) is 8.17. The molecule has 0 aliphatic rings. The Hall–Kier alpha value is -2.36. The van der Waals surface area contributed by atoms with E-state index in [0.29, 0.717) is 12.0 Å². The highest BCUT2D eigenvalue weighted by Crippen LogP contribution is 2.25. The van der Waals surface area contributed by atoms with E-state index in [1.807, 2.05) is 30.3 Å². The Labute approximate surface area is 130 Å². The summed E-state index contributed by atoms with van der Waals surface area (Å²) >= 11 is 0. The normalized spacial score (nSPS) is 11.1. The van der Waals surface area contributed by atoms with Gasteiger partial charge in [0.15, 0.2) is 0 Å². The van der Waals surface area contributed by atoms with E-state index in [1.165, 1.54) is 6.21 Å². The molecule has 22 heavy (non-hydrogen) atoms. The van der Waals surface area contributed by atoms with Gasteiger partial charge < -0.3 is 5.11 Å². The van der Waals surface area contributed by atoms with Gasteiger partial charge in [0, 0.05) is 12.0 Å². The van der Waals surface area contributed by atoms with Crippen molar-refractivity contribution in [3.05, 3.63) is 42.0 Å². The minimum Gasteiger partial charge on any atom is -0.507 e. The van der Waals surface area contributed by atoms with E-state index in [4.69, 9.17) is 0 Å². The highest BCUT2D eigenvalue weighted by Gasteiger charge is 2.04. The predicted molar refractivity (Wildman–Crippen MR) is 90.1 cm³/mol. The first-order valence-corrected chi connectivity index (χ1v) is 7.75. The van der Waals surface area contributed by atoms with Gasteiger partial charge in [0.2, 0.25) is 5.91 Å². The summed E-state index contributed by atoms with van der Waals surface area (Å²) in [6.07, 6.45) is 6.24. The van der Waals surface area contributed by atoms with Crippen LogP contribution in [0.5, 0.6) is 5.75 Å². The number of carbonyl (C=O) groups is 1. The van der Waals surface area contributed by atoms with Crippen LogP contribution in [0.4, 0.5) is 0 Å². The Morgan fingerprint density at radius 1 is 1.18 bits per heavy atom. The zero-order chi connectivity index (χ0) is 15.8. The van der Waals surface area contributed by atoms with Gasteiger partial charge in [-0.15, -0.1) is 0 Å². The summed E-state index contributed by atoms with van der Waals surface area (Å²) in [6.45, 7) is 2.14. The van der Waals surface area contributed by atoms with Crippen LogP contribution >= 0.6 is 0 Å².